The molecular weight excluding hydrogens is 443 g/mol. The van der Waals surface area contributed by atoms with Crippen LogP contribution in [0.3, 0.4) is 0 Å². The van der Waals surface area contributed by atoms with E-state index in [1.807, 2.05) is 11.0 Å². The minimum Gasteiger partial charge on any atom is -0.485 e. The van der Waals surface area contributed by atoms with Crippen molar-refractivity contribution in [3.63, 3.8) is 0 Å². The molecule has 0 radical (unpaired) electrons. The molecule has 0 amide bonds. The largest absolute Gasteiger partial charge is 0.491 e. The molecule has 33 heavy (non-hydrogen) atoms. The van der Waals surface area contributed by atoms with Crippen LogP contribution >= 0.6 is 0 Å². The number of Topliss-reactive ketones (excluding diaryl/α,β-unsaturated/α-hetero) is 1. The van der Waals surface area contributed by atoms with Crippen molar-refractivity contribution in [1.82, 2.24) is 4.90 Å². The van der Waals surface area contributed by atoms with Gasteiger partial charge in [-0.1, -0.05) is 42.5 Å². The van der Waals surface area contributed by atoms with Gasteiger partial charge in [-0.15, -0.1) is 0 Å². The maximum absolute atomic E-state index is 12.2. The summed E-state index contributed by atoms with van der Waals surface area (Å²) in [4.78, 5) is 36.2. The average Bonchev–Trinajstić information content (AvgIpc) is 2.81. The summed E-state index contributed by atoms with van der Waals surface area (Å²) < 4.78 is 51.6. The fraction of sp³-hybridized carbons (Fsp3) is 0.348. The molecule has 1 fully saturated rings. The summed E-state index contributed by atoms with van der Waals surface area (Å²) in [5.74, 6) is -3.36. The first-order chi connectivity index (χ1) is 15.7. The van der Waals surface area contributed by atoms with E-state index in [1.165, 1.54) is 0 Å². The Morgan fingerprint density at radius 1 is 1.03 bits per heavy atom. The SMILES string of the molecule is O=C(CCN1CCOC(c2ccc(OCC(=O)c3ccccc3)cc2)C1)OC(=O)C(F)(F)F. The van der Waals surface area contributed by atoms with E-state index in [1.54, 1.807) is 48.5 Å². The molecule has 7 nitrogen and oxygen atoms in total. The van der Waals surface area contributed by atoms with Crippen LogP contribution in [-0.2, 0) is 19.1 Å². The smallest absolute Gasteiger partial charge is 0.485 e. The van der Waals surface area contributed by atoms with Crippen molar-refractivity contribution in [3.8, 4) is 5.75 Å². The molecule has 10 heteroatoms. The Balaban J connectivity index is 1.46. The molecule has 1 unspecified atom stereocenters. The van der Waals surface area contributed by atoms with E-state index in [-0.39, 0.29) is 31.5 Å². The molecule has 0 N–H and O–H groups in total. The lowest BCUT2D eigenvalue weighted by atomic mass is 10.1. The summed E-state index contributed by atoms with van der Waals surface area (Å²) in [7, 11) is 0. The zero-order valence-electron chi connectivity index (χ0n) is 17.5. The molecule has 3 rings (SSSR count). The number of hydrogen-bond donors (Lipinski definition) is 0. The van der Waals surface area contributed by atoms with Crippen LogP contribution in [0, 0.1) is 0 Å². The van der Waals surface area contributed by atoms with Gasteiger partial charge in [0.25, 0.3) is 0 Å². The van der Waals surface area contributed by atoms with Crippen LogP contribution in [0.15, 0.2) is 54.6 Å². The van der Waals surface area contributed by atoms with Crippen molar-refractivity contribution >= 4 is 17.7 Å². The number of morpholine rings is 1. The lowest BCUT2D eigenvalue weighted by Gasteiger charge is -2.33. The predicted octanol–water partition coefficient (Wildman–Crippen LogP) is 3.34. The number of benzene rings is 2. The van der Waals surface area contributed by atoms with Gasteiger partial charge in [-0.3, -0.25) is 14.5 Å². The van der Waals surface area contributed by atoms with Crippen molar-refractivity contribution in [3.05, 3.63) is 65.7 Å². The second kappa shape index (κ2) is 11.1. The van der Waals surface area contributed by atoms with E-state index in [4.69, 9.17) is 9.47 Å². The second-order valence-electron chi connectivity index (χ2n) is 7.32. The van der Waals surface area contributed by atoms with Gasteiger partial charge < -0.3 is 14.2 Å². The zero-order chi connectivity index (χ0) is 23.8. The van der Waals surface area contributed by atoms with E-state index < -0.39 is 18.1 Å². The van der Waals surface area contributed by atoms with Crippen LogP contribution in [0.5, 0.6) is 5.75 Å². The van der Waals surface area contributed by atoms with Gasteiger partial charge in [-0.2, -0.15) is 13.2 Å². The number of carbonyl (C=O) groups is 3. The second-order valence-corrected chi connectivity index (χ2v) is 7.32. The van der Waals surface area contributed by atoms with E-state index in [0.717, 1.165) is 5.56 Å². The van der Waals surface area contributed by atoms with Crippen LogP contribution in [0.25, 0.3) is 0 Å². The van der Waals surface area contributed by atoms with Gasteiger partial charge >= 0.3 is 18.1 Å². The fourth-order valence-corrected chi connectivity index (χ4v) is 3.20. The number of esters is 2. The number of hydrogen-bond acceptors (Lipinski definition) is 7. The minimum atomic E-state index is -5.20. The number of carbonyl (C=O) groups excluding carboxylic acids is 3. The van der Waals surface area contributed by atoms with E-state index in [9.17, 15) is 27.6 Å². The van der Waals surface area contributed by atoms with Gasteiger partial charge in [0.05, 0.1) is 19.1 Å². The Bertz CT molecular complexity index is 962. The third-order valence-electron chi connectivity index (χ3n) is 4.94. The van der Waals surface area contributed by atoms with Gasteiger partial charge in [0, 0.05) is 25.2 Å². The third kappa shape index (κ3) is 7.40. The van der Waals surface area contributed by atoms with E-state index in [2.05, 4.69) is 4.74 Å². The highest BCUT2D eigenvalue weighted by Gasteiger charge is 2.42. The molecule has 1 aliphatic heterocycles. The summed E-state index contributed by atoms with van der Waals surface area (Å²) in [6.07, 6.45) is -5.87. The van der Waals surface area contributed by atoms with Crippen molar-refractivity contribution in [2.45, 2.75) is 18.7 Å². The van der Waals surface area contributed by atoms with E-state index in [0.29, 0.717) is 31.0 Å². The maximum Gasteiger partial charge on any atom is 0.491 e. The Kier molecular flexibility index (Phi) is 8.18. The monoisotopic (exact) mass is 465 g/mol. The van der Waals surface area contributed by atoms with Gasteiger partial charge in [-0.05, 0) is 17.7 Å². The van der Waals surface area contributed by atoms with Gasteiger partial charge in [0.2, 0.25) is 0 Å². The molecule has 2 aromatic rings. The Morgan fingerprint density at radius 2 is 1.73 bits per heavy atom. The molecule has 1 atom stereocenters. The molecule has 0 bridgehead atoms. The number of halogens is 3. The summed E-state index contributed by atoms with van der Waals surface area (Å²) in [6.45, 7) is 1.30. The van der Waals surface area contributed by atoms with Crippen LogP contribution < -0.4 is 4.74 Å². The first kappa shape index (κ1) is 24.4. The van der Waals surface area contributed by atoms with E-state index >= 15 is 0 Å². The first-order valence-electron chi connectivity index (χ1n) is 10.2. The molecule has 2 aromatic carbocycles. The van der Waals surface area contributed by atoms with Crippen molar-refractivity contribution in [1.29, 1.82) is 0 Å². The number of nitrogens with zero attached hydrogens (tertiary/aromatic N) is 1. The lowest BCUT2D eigenvalue weighted by molar-refractivity contribution is -0.202. The Morgan fingerprint density at radius 3 is 2.39 bits per heavy atom. The quantitative estimate of drug-likeness (QED) is 0.336. The van der Waals surface area contributed by atoms with Gasteiger partial charge in [0.1, 0.15) is 5.75 Å². The molecule has 0 saturated carbocycles. The molecule has 1 saturated heterocycles. The highest BCUT2D eigenvalue weighted by atomic mass is 19.4. The van der Waals surface area contributed by atoms with Crippen LogP contribution in [0.2, 0.25) is 0 Å². The summed E-state index contributed by atoms with van der Waals surface area (Å²) >= 11 is 0. The topological polar surface area (TPSA) is 82.1 Å². The Hall–Kier alpha value is -3.24. The number of alkyl halides is 3. The highest BCUT2D eigenvalue weighted by Crippen LogP contribution is 2.25. The predicted molar refractivity (Wildman–Crippen MR) is 110 cm³/mol. The molecule has 0 aromatic heterocycles. The molecule has 176 valence electrons. The molecule has 0 spiro atoms. The van der Waals surface area contributed by atoms with Crippen molar-refractivity contribution in [2.24, 2.45) is 0 Å². The normalized spacial score (nSPS) is 16.8. The summed E-state index contributed by atoms with van der Waals surface area (Å²) in [5.41, 5.74) is 1.41. The number of ether oxygens (including phenoxy) is 3. The number of ketones is 1. The first-order valence-corrected chi connectivity index (χ1v) is 10.2. The van der Waals surface area contributed by atoms with Gasteiger partial charge in [-0.25, -0.2) is 4.79 Å². The number of rotatable bonds is 8. The maximum atomic E-state index is 12.2. The average molecular weight is 465 g/mol. The molecule has 1 aliphatic rings. The highest BCUT2D eigenvalue weighted by molar-refractivity contribution is 5.97. The van der Waals surface area contributed by atoms with Crippen LogP contribution in [0.4, 0.5) is 13.2 Å². The van der Waals surface area contributed by atoms with Crippen LogP contribution in [0.1, 0.15) is 28.4 Å². The molecular formula is C23H22F3NO6. The molecule has 0 aliphatic carbocycles. The zero-order valence-corrected chi connectivity index (χ0v) is 17.5. The molecule has 1 heterocycles. The third-order valence-corrected chi connectivity index (χ3v) is 4.94. The Labute approximate surface area is 188 Å². The van der Waals surface area contributed by atoms with Crippen molar-refractivity contribution in [2.75, 3.05) is 32.8 Å². The van der Waals surface area contributed by atoms with Crippen molar-refractivity contribution < 1.29 is 41.8 Å². The van der Waals surface area contributed by atoms with Gasteiger partial charge in [0.15, 0.2) is 12.4 Å². The lowest BCUT2D eigenvalue weighted by Crippen LogP contribution is -2.39. The van der Waals surface area contributed by atoms with Crippen LogP contribution in [-0.4, -0.2) is 61.6 Å². The summed E-state index contributed by atoms with van der Waals surface area (Å²) in [6, 6.07) is 15.8. The fourth-order valence-electron chi connectivity index (χ4n) is 3.20. The minimum absolute atomic E-state index is 0.0932. The standard InChI is InChI=1S/C23H22F3NO6/c24-23(25,26)22(30)33-21(29)10-11-27-12-13-31-20(14-27)17-6-8-18(9-7-17)32-15-19(28)16-4-2-1-3-5-16/h1-9,20H,10-15H2. The summed E-state index contributed by atoms with van der Waals surface area (Å²) in [5, 5.41) is 0.